The van der Waals surface area contributed by atoms with E-state index < -0.39 is 17.6 Å². The highest BCUT2D eigenvalue weighted by Gasteiger charge is 2.38. The molecule has 0 spiro atoms. The number of rotatable bonds is 1. The number of hydrogen-bond acceptors (Lipinski definition) is 2. The molecule has 1 amide bonds. The Morgan fingerprint density at radius 2 is 1.76 bits per heavy atom. The highest BCUT2D eigenvalue weighted by molar-refractivity contribution is 6.11. The van der Waals surface area contributed by atoms with E-state index in [4.69, 9.17) is 5.73 Å². The zero-order valence-corrected chi connectivity index (χ0v) is 10.8. The lowest BCUT2D eigenvalue weighted by molar-refractivity contribution is -0.137. The molecule has 0 radical (unpaired) electrons. The molecule has 1 aliphatic rings. The summed E-state index contributed by atoms with van der Waals surface area (Å²) in [7, 11) is 0. The van der Waals surface area contributed by atoms with Gasteiger partial charge in [-0.05, 0) is 24.3 Å². The van der Waals surface area contributed by atoms with Crippen molar-refractivity contribution in [1.82, 2.24) is 0 Å². The molecule has 1 aliphatic heterocycles. The lowest BCUT2D eigenvalue weighted by Gasteiger charge is -2.21. The number of amides is 1. The van der Waals surface area contributed by atoms with Crippen LogP contribution in [0.4, 0.5) is 24.5 Å². The molecule has 0 fully saturated rings. The molecule has 0 atom stereocenters. The van der Waals surface area contributed by atoms with Crippen LogP contribution in [0.15, 0.2) is 42.5 Å². The van der Waals surface area contributed by atoms with E-state index in [9.17, 15) is 18.0 Å². The van der Waals surface area contributed by atoms with Gasteiger partial charge >= 0.3 is 6.18 Å². The molecule has 0 saturated heterocycles. The third-order valence-electron chi connectivity index (χ3n) is 3.50. The van der Waals surface area contributed by atoms with Gasteiger partial charge < -0.3 is 10.6 Å². The number of anilines is 2. The largest absolute Gasteiger partial charge is 0.418 e. The normalized spacial score (nSPS) is 14.4. The van der Waals surface area contributed by atoms with Gasteiger partial charge in [0.05, 0.1) is 17.8 Å². The minimum Gasteiger partial charge on any atom is -0.398 e. The van der Waals surface area contributed by atoms with E-state index >= 15 is 0 Å². The summed E-state index contributed by atoms with van der Waals surface area (Å²) in [5.41, 5.74) is 6.15. The van der Waals surface area contributed by atoms with Crippen molar-refractivity contribution in [2.45, 2.75) is 12.7 Å². The molecule has 0 aliphatic carbocycles. The molecule has 2 N–H and O–H groups in total. The van der Waals surface area contributed by atoms with Crippen LogP contribution in [-0.4, -0.2) is 5.91 Å². The van der Waals surface area contributed by atoms with Crippen LogP contribution in [-0.2, 0) is 12.7 Å². The number of halogens is 3. The van der Waals surface area contributed by atoms with E-state index in [0.717, 1.165) is 11.0 Å². The fourth-order valence-electron chi connectivity index (χ4n) is 2.50. The number of para-hydroxylation sites is 1. The van der Waals surface area contributed by atoms with Crippen LogP contribution < -0.4 is 10.6 Å². The van der Waals surface area contributed by atoms with Gasteiger partial charge in [-0.15, -0.1) is 0 Å². The van der Waals surface area contributed by atoms with E-state index in [-0.39, 0.29) is 12.2 Å². The van der Waals surface area contributed by atoms with Gasteiger partial charge in [-0.3, -0.25) is 4.79 Å². The smallest absolute Gasteiger partial charge is 0.398 e. The second kappa shape index (κ2) is 4.51. The zero-order valence-electron chi connectivity index (χ0n) is 10.8. The molecule has 6 heteroatoms. The average Bonchev–Trinajstić information content (AvgIpc) is 2.77. The van der Waals surface area contributed by atoms with Gasteiger partial charge in [-0.1, -0.05) is 18.2 Å². The predicted molar refractivity (Wildman–Crippen MR) is 72.8 cm³/mol. The van der Waals surface area contributed by atoms with Crippen molar-refractivity contribution >= 4 is 17.3 Å². The van der Waals surface area contributed by atoms with Crippen molar-refractivity contribution < 1.29 is 18.0 Å². The number of carbonyl (C=O) groups excluding carboxylic acids is 1. The number of nitrogens with two attached hydrogens (primary N) is 1. The Morgan fingerprint density at radius 1 is 1.05 bits per heavy atom. The number of benzene rings is 2. The van der Waals surface area contributed by atoms with E-state index in [1.165, 1.54) is 18.2 Å². The van der Waals surface area contributed by atoms with Crippen molar-refractivity contribution in [2.24, 2.45) is 0 Å². The summed E-state index contributed by atoms with van der Waals surface area (Å²) in [4.78, 5) is 13.4. The van der Waals surface area contributed by atoms with Crippen LogP contribution in [0, 0.1) is 0 Å². The van der Waals surface area contributed by atoms with Crippen LogP contribution in [0.3, 0.4) is 0 Å². The molecular formula is C15H11F3N2O. The van der Waals surface area contributed by atoms with Crippen LogP contribution in [0.1, 0.15) is 21.5 Å². The molecule has 21 heavy (non-hydrogen) atoms. The summed E-state index contributed by atoms with van der Waals surface area (Å²) in [6.07, 6.45) is -4.52. The minimum absolute atomic E-state index is 0.0495. The third kappa shape index (κ3) is 2.12. The second-order valence-electron chi connectivity index (χ2n) is 4.78. The summed E-state index contributed by atoms with van der Waals surface area (Å²) in [5.74, 6) is -0.464. The maximum atomic E-state index is 13.1. The maximum absolute atomic E-state index is 13.1. The van der Waals surface area contributed by atoms with Gasteiger partial charge in [0.2, 0.25) is 0 Å². The Kier molecular flexibility index (Phi) is 2.90. The van der Waals surface area contributed by atoms with Crippen LogP contribution in [0.2, 0.25) is 0 Å². The first-order valence-corrected chi connectivity index (χ1v) is 6.25. The van der Waals surface area contributed by atoms with Gasteiger partial charge in [0.25, 0.3) is 5.91 Å². The maximum Gasteiger partial charge on any atom is 0.418 e. The Hall–Kier alpha value is -2.50. The molecule has 1 heterocycles. The number of hydrogen-bond donors (Lipinski definition) is 1. The molecular weight excluding hydrogens is 281 g/mol. The number of nitrogens with zero attached hydrogens (tertiary/aromatic N) is 1. The molecule has 0 bridgehead atoms. The molecule has 108 valence electrons. The number of carbonyl (C=O) groups is 1. The van der Waals surface area contributed by atoms with Crippen molar-refractivity contribution in [2.75, 3.05) is 10.6 Å². The molecule has 3 nitrogen and oxygen atoms in total. The molecule has 0 unspecified atom stereocenters. The average molecular weight is 292 g/mol. The molecule has 2 aromatic carbocycles. The lowest BCUT2D eigenvalue weighted by atomic mass is 10.1. The summed E-state index contributed by atoms with van der Waals surface area (Å²) in [6.45, 7) is 0.0495. The molecule has 2 aromatic rings. The highest BCUT2D eigenvalue weighted by Crippen LogP contribution is 2.40. The van der Waals surface area contributed by atoms with E-state index in [0.29, 0.717) is 16.8 Å². The number of nitrogen functional groups attached to an aromatic ring is 1. The van der Waals surface area contributed by atoms with Crippen molar-refractivity contribution in [1.29, 1.82) is 0 Å². The topological polar surface area (TPSA) is 46.3 Å². The first-order chi connectivity index (χ1) is 9.89. The monoisotopic (exact) mass is 292 g/mol. The SMILES string of the molecule is Nc1cccc2c1CN(c1ccccc1C(F)(F)F)C2=O. The Balaban J connectivity index is 2.10. The number of fused-ring (bicyclic) bond motifs is 1. The standard InChI is InChI=1S/C15H11F3N2O/c16-15(17,18)11-5-1-2-7-13(11)20-8-10-9(14(20)21)4-3-6-12(10)19/h1-7H,8,19H2. The molecule has 0 saturated carbocycles. The first-order valence-electron chi connectivity index (χ1n) is 6.25. The Bertz CT molecular complexity index is 725. The van der Waals surface area contributed by atoms with E-state index in [1.54, 1.807) is 18.2 Å². The summed E-state index contributed by atoms with van der Waals surface area (Å²) >= 11 is 0. The van der Waals surface area contributed by atoms with E-state index in [1.807, 2.05) is 0 Å². The lowest BCUT2D eigenvalue weighted by Crippen LogP contribution is -2.26. The molecule has 3 rings (SSSR count). The number of alkyl halides is 3. The van der Waals surface area contributed by atoms with Gasteiger partial charge in [0.15, 0.2) is 0 Å². The highest BCUT2D eigenvalue weighted by atomic mass is 19.4. The predicted octanol–water partition coefficient (Wildman–Crippen LogP) is 3.45. The van der Waals surface area contributed by atoms with Crippen LogP contribution >= 0.6 is 0 Å². The summed E-state index contributed by atoms with van der Waals surface area (Å²) in [6, 6.07) is 9.86. The van der Waals surface area contributed by atoms with Gasteiger partial charge in [0.1, 0.15) is 0 Å². The van der Waals surface area contributed by atoms with E-state index in [2.05, 4.69) is 0 Å². The third-order valence-corrected chi connectivity index (χ3v) is 3.50. The Morgan fingerprint density at radius 3 is 2.43 bits per heavy atom. The first kappa shape index (κ1) is 13.5. The van der Waals surface area contributed by atoms with Gasteiger partial charge in [0, 0.05) is 16.8 Å². The van der Waals surface area contributed by atoms with Crippen molar-refractivity contribution in [3.05, 3.63) is 59.2 Å². The van der Waals surface area contributed by atoms with Crippen LogP contribution in [0.25, 0.3) is 0 Å². The zero-order chi connectivity index (χ0) is 15.2. The molecule has 0 aromatic heterocycles. The second-order valence-corrected chi connectivity index (χ2v) is 4.78. The van der Waals surface area contributed by atoms with Gasteiger partial charge in [-0.2, -0.15) is 13.2 Å². The van der Waals surface area contributed by atoms with Gasteiger partial charge in [-0.25, -0.2) is 0 Å². The fourth-order valence-corrected chi connectivity index (χ4v) is 2.50. The summed E-state index contributed by atoms with van der Waals surface area (Å²) in [5, 5.41) is 0. The summed E-state index contributed by atoms with van der Waals surface area (Å²) < 4.78 is 39.2. The quantitative estimate of drug-likeness (QED) is 0.818. The van der Waals surface area contributed by atoms with Crippen molar-refractivity contribution in [3.63, 3.8) is 0 Å². The van der Waals surface area contributed by atoms with Crippen LogP contribution in [0.5, 0.6) is 0 Å². The Labute approximate surface area is 118 Å². The fraction of sp³-hybridized carbons (Fsp3) is 0.133. The van der Waals surface area contributed by atoms with Crippen molar-refractivity contribution in [3.8, 4) is 0 Å². The minimum atomic E-state index is -4.52.